The van der Waals surface area contributed by atoms with Gasteiger partial charge in [0.05, 0.1) is 9.99 Å². The lowest BCUT2D eigenvalue weighted by Crippen LogP contribution is -2.23. The molecule has 0 aliphatic rings. The summed E-state index contributed by atoms with van der Waals surface area (Å²) in [6.07, 6.45) is 1.85. The predicted octanol–water partition coefficient (Wildman–Crippen LogP) is 4.78. The van der Waals surface area contributed by atoms with Crippen LogP contribution in [0.1, 0.15) is 30.5 Å². The van der Waals surface area contributed by atoms with E-state index in [1.807, 2.05) is 6.07 Å². The number of hydrogen-bond donors (Lipinski definition) is 1. The molecule has 2 rings (SSSR count). The number of benzene rings is 1. The van der Waals surface area contributed by atoms with Crippen LogP contribution in [0.5, 0.6) is 5.75 Å². The summed E-state index contributed by atoms with van der Waals surface area (Å²) in [5.41, 5.74) is 2.25. The molecular formula is C16H19FINOS. The standard InChI is InChI=1S/C16H19FINOS/c1-3-6-19-14(12-9-16(18)21-10-12)8-11-4-5-15(20-2)13(17)7-11/h4-5,7,9-10,14,19H,3,6,8H2,1-2H3. The van der Waals surface area contributed by atoms with Crippen LogP contribution in [-0.4, -0.2) is 13.7 Å². The molecule has 21 heavy (non-hydrogen) atoms. The number of thiophene rings is 1. The summed E-state index contributed by atoms with van der Waals surface area (Å²) in [5, 5.41) is 5.72. The highest BCUT2D eigenvalue weighted by atomic mass is 127. The molecule has 1 aromatic carbocycles. The third kappa shape index (κ3) is 4.66. The van der Waals surface area contributed by atoms with Crippen molar-refractivity contribution in [3.8, 4) is 5.75 Å². The number of halogens is 2. The number of hydrogen-bond acceptors (Lipinski definition) is 3. The Bertz CT molecular complexity index is 587. The van der Waals surface area contributed by atoms with Gasteiger partial charge >= 0.3 is 0 Å². The minimum absolute atomic E-state index is 0.220. The van der Waals surface area contributed by atoms with Crippen molar-refractivity contribution in [1.82, 2.24) is 5.32 Å². The number of ether oxygens (including phenoxy) is 1. The van der Waals surface area contributed by atoms with Gasteiger partial charge in [0, 0.05) is 6.04 Å². The molecule has 1 atom stereocenters. The smallest absolute Gasteiger partial charge is 0.165 e. The molecule has 1 N–H and O–H groups in total. The molecular weight excluding hydrogens is 400 g/mol. The fraction of sp³-hybridized carbons (Fsp3) is 0.375. The highest BCUT2D eigenvalue weighted by molar-refractivity contribution is 14.1. The monoisotopic (exact) mass is 419 g/mol. The second-order valence-electron chi connectivity index (χ2n) is 4.86. The molecule has 0 radical (unpaired) electrons. The fourth-order valence-electron chi connectivity index (χ4n) is 2.21. The maximum absolute atomic E-state index is 13.8. The van der Waals surface area contributed by atoms with Gasteiger partial charge in [-0.05, 0) is 76.7 Å². The molecule has 114 valence electrons. The summed E-state index contributed by atoms with van der Waals surface area (Å²) < 4.78 is 20.1. The fourth-order valence-corrected chi connectivity index (χ4v) is 3.63. The molecule has 0 bridgehead atoms. The highest BCUT2D eigenvalue weighted by Gasteiger charge is 2.14. The van der Waals surface area contributed by atoms with Crippen LogP contribution in [0, 0.1) is 8.70 Å². The van der Waals surface area contributed by atoms with Gasteiger partial charge in [-0.15, -0.1) is 11.3 Å². The van der Waals surface area contributed by atoms with E-state index in [1.54, 1.807) is 23.5 Å². The lowest BCUT2D eigenvalue weighted by Gasteiger charge is -2.18. The van der Waals surface area contributed by atoms with E-state index in [1.165, 1.54) is 15.6 Å². The second kappa shape index (κ2) is 8.10. The van der Waals surface area contributed by atoms with Crippen molar-refractivity contribution in [2.75, 3.05) is 13.7 Å². The summed E-state index contributed by atoms with van der Waals surface area (Å²) in [6, 6.07) is 7.60. The summed E-state index contributed by atoms with van der Waals surface area (Å²) >= 11 is 4.07. The lowest BCUT2D eigenvalue weighted by molar-refractivity contribution is 0.386. The van der Waals surface area contributed by atoms with Crippen LogP contribution in [0.3, 0.4) is 0 Å². The van der Waals surface area contributed by atoms with E-state index in [2.05, 4.69) is 46.3 Å². The van der Waals surface area contributed by atoms with Gasteiger partial charge in [-0.3, -0.25) is 0 Å². The SMILES string of the molecule is CCCNC(Cc1ccc(OC)c(F)c1)c1csc(I)c1. The quantitative estimate of drug-likeness (QED) is 0.652. The van der Waals surface area contributed by atoms with Crippen molar-refractivity contribution in [1.29, 1.82) is 0 Å². The van der Waals surface area contributed by atoms with Gasteiger partial charge in [-0.25, -0.2) is 4.39 Å². The van der Waals surface area contributed by atoms with E-state index in [-0.39, 0.29) is 11.9 Å². The van der Waals surface area contributed by atoms with E-state index in [4.69, 9.17) is 4.74 Å². The van der Waals surface area contributed by atoms with E-state index < -0.39 is 0 Å². The Morgan fingerprint density at radius 2 is 2.19 bits per heavy atom. The van der Waals surface area contributed by atoms with Gasteiger partial charge in [-0.2, -0.15) is 0 Å². The minimum atomic E-state index is -0.302. The van der Waals surface area contributed by atoms with Crippen molar-refractivity contribution in [3.05, 3.63) is 49.5 Å². The van der Waals surface area contributed by atoms with E-state index in [9.17, 15) is 4.39 Å². The summed E-state index contributed by atoms with van der Waals surface area (Å²) in [5.74, 6) is -0.00830. The first-order valence-electron chi connectivity index (χ1n) is 6.93. The molecule has 0 saturated carbocycles. The lowest BCUT2D eigenvalue weighted by atomic mass is 10.0. The van der Waals surface area contributed by atoms with Crippen LogP contribution < -0.4 is 10.1 Å². The molecule has 1 unspecified atom stereocenters. The molecule has 2 nitrogen and oxygen atoms in total. The second-order valence-corrected chi connectivity index (χ2v) is 7.67. The first kappa shape index (κ1) is 16.7. The first-order valence-corrected chi connectivity index (χ1v) is 8.89. The zero-order chi connectivity index (χ0) is 15.2. The molecule has 5 heteroatoms. The van der Waals surface area contributed by atoms with Gasteiger partial charge < -0.3 is 10.1 Å². The summed E-state index contributed by atoms with van der Waals surface area (Å²) in [6.45, 7) is 3.10. The molecule has 1 aromatic heterocycles. The van der Waals surface area contributed by atoms with E-state index in [0.717, 1.165) is 24.9 Å². The van der Waals surface area contributed by atoms with E-state index >= 15 is 0 Å². The van der Waals surface area contributed by atoms with Crippen LogP contribution in [-0.2, 0) is 6.42 Å². The van der Waals surface area contributed by atoms with E-state index in [0.29, 0.717) is 5.75 Å². The van der Waals surface area contributed by atoms with Gasteiger partial charge in [0.25, 0.3) is 0 Å². The molecule has 0 amide bonds. The Labute approximate surface area is 142 Å². The Kier molecular flexibility index (Phi) is 6.44. The Morgan fingerprint density at radius 3 is 2.76 bits per heavy atom. The van der Waals surface area contributed by atoms with Crippen molar-refractivity contribution in [2.24, 2.45) is 0 Å². The van der Waals surface area contributed by atoms with Gasteiger partial charge in [0.2, 0.25) is 0 Å². The third-order valence-electron chi connectivity index (χ3n) is 3.29. The van der Waals surface area contributed by atoms with Crippen molar-refractivity contribution < 1.29 is 9.13 Å². The van der Waals surface area contributed by atoms with Crippen LogP contribution in [0.15, 0.2) is 29.6 Å². The largest absolute Gasteiger partial charge is 0.494 e. The van der Waals surface area contributed by atoms with Gasteiger partial charge in [0.1, 0.15) is 0 Å². The first-order chi connectivity index (χ1) is 10.1. The van der Waals surface area contributed by atoms with Crippen LogP contribution in [0.25, 0.3) is 0 Å². The average molecular weight is 419 g/mol. The maximum Gasteiger partial charge on any atom is 0.165 e. The number of rotatable bonds is 7. The summed E-state index contributed by atoms with van der Waals surface area (Å²) in [4.78, 5) is 0. The molecule has 1 heterocycles. The topological polar surface area (TPSA) is 21.3 Å². The van der Waals surface area contributed by atoms with Gasteiger partial charge in [-0.1, -0.05) is 13.0 Å². The zero-order valence-corrected chi connectivity index (χ0v) is 15.1. The maximum atomic E-state index is 13.8. The van der Waals surface area contributed by atoms with Crippen molar-refractivity contribution in [3.63, 3.8) is 0 Å². The zero-order valence-electron chi connectivity index (χ0n) is 12.2. The van der Waals surface area contributed by atoms with Gasteiger partial charge in [0.15, 0.2) is 11.6 Å². The minimum Gasteiger partial charge on any atom is -0.494 e. The predicted molar refractivity (Wildman–Crippen MR) is 94.7 cm³/mol. The molecule has 0 aliphatic heterocycles. The summed E-state index contributed by atoms with van der Waals surface area (Å²) in [7, 11) is 1.48. The molecule has 2 aromatic rings. The Balaban J connectivity index is 2.16. The molecule has 0 spiro atoms. The van der Waals surface area contributed by atoms with Crippen LogP contribution in [0.2, 0.25) is 0 Å². The highest BCUT2D eigenvalue weighted by Crippen LogP contribution is 2.26. The Hall–Kier alpha value is -0.660. The average Bonchev–Trinajstić information content (AvgIpc) is 2.90. The normalized spacial score (nSPS) is 12.4. The number of nitrogens with one attached hydrogen (secondary N) is 1. The molecule has 0 fully saturated rings. The third-order valence-corrected chi connectivity index (χ3v) is 5.09. The number of methoxy groups -OCH3 is 1. The Morgan fingerprint density at radius 1 is 1.38 bits per heavy atom. The van der Waals surface area contributed by atoms with Crippen LogP contribution in [0.4, 0.5) is 4.39 Å². The van der Waals surface area contributed by atoms with Crippen LogP contribution >= 0.6 is 33.9 Å². The van der Waals surface area contributed by atoms with Crippen molar-refractivity contribution >= 4 is 33.9 Å². The molecule has 0 saturated heterocycles. The molecule has 0 aliphatic carbocycles. The van der Waals surface area contributed by atoms with Crippen molar-refractivity contribution in [2.45, 2.75) is 25.8 Å².